The molecule has 0 aromatic heterocycles. The molecule has 0 amide bonds. The largest absolute Gasteiger partial charge is 0.550 e. The van der Waals surface area contributed by atoms with Crippen molar-refractivity contribution in [3.63, 3.8) is 0 Å². The molecule has 0 atom stereocenters. The molecule has 0 rings (SSSR count). The summed E-state index contributed by atoms with van der Waals surface area (Å²) in [6, 6.07) is 0. The van der Waals surface area contributed by atoms with Crippen LogP contribution in [0.5, 0.6) is 0 Å². The first kappa shape index (κ1) is 20.7. The summed E-state index contributed by atoms with van der Waals surface area (Å²) in [5.74, 6) is -0.928. The Labute approximate surface area is 137 Å². The van der Waals surface area contributed by atoms with E-state index in [4.69, 9.17) is 0 Å². The van der Waals surface area contributed by atoms with Crippen LogP contribution in [0.25, 0.3) is 0 Å². The number of aliphatic carboxylic acids is 1. The Kier molecular flexibility index (Phi) is 16.7. The summed E-state index contributed by atoms with van der Waals surface area (Å²) in [6.07, 6.45) is 25.9. The van der Waals surface area contributed by atoms with Gasteiger partial charge in [0, 0.05) is 5.97 Å². The van der Waals surface area contributed by atoms with Crippen molar-refractivity contribution in [3.05, 3.63) is 36.5 Å². The van der Waals surface area contributed by atoms with Gasteiger partial charge >= 0.3 is 0 Å². The molecule has 0 heterocycles. The van der Waals surface area contributed by atoms with Crippen molar-refractivity contribution < 1.29 is 9.90 Å². The molecule has 22 heavy (non-hydrogen) atoms. The van der Waals surface area contributed by atoms with Gasteiger partial charge in [-0.05, 0) is 51.4 Å². The van der Waals surface area contributed by atoms with Crippen molar-refractivity contribution in [2.45, 2.75) is 84.0 Å². The van der Waals surface area contributed by atoms with Gasteiger partial charge in [-0.3, -0.25) is 0 Å². The number of carboxylic acid groups (broad SMARTS) is 1. The first-order valence-electron chi connectivity index (χ1n) is 8.92. The van der Waals surface area contributed by atoms with Gasteiger partial charge in [0.2, 0.25) is 0 Å². The molecule has 0 saturated heterocycles. The Morgan fingerprint density at radius 1 is 0.727 bits per heavy atom. The zero-order valence-corrected chi connectivity index (χ0v) is 14.3. The van der Waals surface area contributed by atoms with E-state index >= 15 is 0 Å². The summed E-state index contributed by atoms with van der Waals surface area (Å²) >= 11 is 0. The summed E-state index contributed by atoms with van der Waals surface area (Å²) in [7, 11) is 0. The number of carboxylic acids is 1. The second-order valence-corrected chi connectivity index (χ2v) is 5.71. The van der Waals surface area contributed by atoms with Crippen LogP contribution in [0.1, 0.15) is 84.0 Å². The minimum atomic E-state index is -0.928. The maximum absolute atomic E-state index is 10.2. The number of unbranched alkanes of at least 4 members (excludes halogenated alkanes) is 7. The molecule has 2 heteroatoms. The summed E-state index contributed by atoms with van der Waals surface area (Å²) in [6.45, 7) is 2.23. The highest BCUT2D eigenvalue weighted by Gasteiger charge is 1.89. The maximum atomic E-state index is 10.2. The van der Waals surface area contributed by atoms with E-state index in [-0.39, 0.29) is 6.42 Å². The standard InChI is InChI=1S/C20H34O2/c1-2-3-4-5-6-7-8-9-10-11-12-13-14-15-16-17-18-19-20(21)22/h6-7,9-10,12-13H,2-5,8,11,14-19H2,1H3,(H,21,22)/p-1. The maximum Gasteiger partial charge on any atom is 0.0414 e. The lowest BCUT2D eigenvalue weighted by atomic mass is 10.1. The first-order valence-corrected chi connectivity index (χ1v) is 8.92. The molecule has 0 aliphatic heterocycles. The third kappa shape index (κ3) is 18.7. The summed E-state index contributed by atoms with van der Waals surface area (Å²) < 4.78 is 0. The van der Waals surface area contributed by atoms with Gasteiger partial charge in [-0.15, -0.1) is 0 Å². The van der Waals surface area contributed by atoms with Crippen molar-refractivity contribution in [2.24, 2.45) is 0 Å². The fourth-order valence-corrected chi connectivity index (χ4v) is 2.18. The minimum Gasteiger partial charge on any atom is -0.550 e. The van der Waals surface area contributed by atoms with E-state index in [0.29, 0.717) is 0 Å². The van der Waals surface area contributed by atoms with Crippen LogP contribution in [0.15, 0.2) is 36.5 Å². The number of rotatable bonds is 15. The minimum absolute atomic E-state index is 0.202. The molecule has 0 aliphatic carbocycles. The lowest BCUT2D eigenvalue weighted by Gasteiger charge is -2.00. The molecule has 0 saturated carbocycles. The number of carbonyl (C=O) groups excluding carboxylic acids is 1. The van der Waals surface area contributed by atoms with E-state index in [0.717, 1.165) is 44.9 Å². The predicted octanol–water partition coefficient (Wildman–Crippen LogP) is 5.11. The molecule has 2 nitrogen and oxygen atoms in total. The number of hydrogen-bond donors (Lipinski definition) is 0. The van der Waals surface area contributed by atoms with Crippen LogP contribution in [-0.4, -0.2) is 5.97 Å². The quantitative estimate of drug-likeness (QED) is 0.312. The van der Waals surface area contributed by atoms with Gasteiger partial charge in [0.05, 0.1) is 0 Å². The number of hydrogen-bond acceptors (Lipinski definition) is 2. The van der Waals surface area contributed by atoms with Crippen molar-refractivity contribution in [1.82, 2.24) is 0 Å². The van der Waals surface area contributed by atoms with Gasteiger partial charge in [-0.2, -0.15) is 0 Å². The number of carbonyl (C=O) groups is 1. The lowest BCUT2D eigenvalue weighted by molar-refractivity contribution is -0.305. The fourth-order valence-electron chi connectivity index (χ4n) is 2.18. The topological polar surface area (TPSA) is 40.1 Å². The van der Waals surface area contributed by atoms with E-state index in [1.165, 1.54) is 25.7 Å². The summed E-state index contributed by atoms with van der Waals surface area (Å²) in [5, 5.41) is 10.2. The SMILES string of the molecule is CCCCCC=CCC=CCC=CCCCCCCC(=O)[O-]. The molecular formula is C20H33O2-. The van der Waals surface area contributed by atoms with E-state index in [1.807, 2.05) is 0 Å². The second kappa shape index (κ2) is 17.7. The van der Waals surface area contributed by atoms with Gasteiger partial charge in [-0.1, -0.05) is 69.1 Å². The fraction of sp³-hybridized carbons (Fsp3) is 0.650. The molecule has 0 unspecified atom stereocenters. The smallest absolute Gasteiger partial charge is 0.0414 e. The Morgan fingerprint density at radius 2 is 1.23 bits per heavy atom. The molecular weight excluding hydrogens is 272 g/mol. The molecule has 0 radical (unpaired) electrons. The average molecular weight is 305 g/mol. The highest BCUT2D eigenvalue weighted by molar-refractivity contribution is 5.63. The van der Waals surface area contributed by atoms with E-state index in [1.54, 1.807) is 0 Å². The third-order valence-electron chi connectivity index (χ3n) is 3.52. The normalized spacial score (nSPS) is 12.0. The van der Waals surface area contributed by atoms with Gasteiger partial charge in [0.1, 0.15) is 0 Å². The molecule has 0 spiro atoms. The Morgan fingerprint density at radius 3 is 1.77 bits per heavy atom. The lowest BCUT2D eigenvalue weighted by Crippen LogP contribution is -2.21. The van der Waals surface area contributed by atoms with Crippen LogP contribution >= 0.6 is 0 Å². The van der Waals surface area contributed by atoms with Crippen molar-refractivity contribution >= 4 is 5.97 Å². The van der Waals surface area contributed by atoms with Crippen molar-refractivity contribution in [1.29, 1.82) is 0 Å². The van der Waals surface area contributed by atoms with Crippen molar-refractivity contribution in [3.8, 4) is 0 Å². The molecule has 0 N–H and O–H groups in total. The molecule has 126 valence electrons. The summed E-state index contributed by atoms with van der Waals surface area (Å²) in [5.41, 5.74) is 0. The highest BCUT2D eigenvalue weighted by atomic mass is 16.4. The van der Waals surface area contributed by atoms with Gasteiger partial charge in [0.15, 0.2) is 0 Å². The molecule has 0 bridgehead atoms. The Hall–Kier alpha value is -1.31. The zero-order valence-electron chi connectivity index (χ0n) is 14.3. The highest BCUT2D eigenvalue weighted by Crippen LogP contribution is 2.06. The van der Waals surface area contributed by atoms with Gasteiger partial charge < -0.3 is 9.90 Å². The van der Waals surface area contributed by atoms with Crippen molar-refractivity contribution in [2.75, 3.05) is 0 Å². The first-order chi connectivity index (χ1) is 10.8. The molecule has 0 aromatic carbocycles. The Bertz CT molecular complexity index is 327. The molecule has 0 aliphatic rings. The summed E-state index contributed by atoms with van der Waals surface area (Å²) in [4.78, 5) is 10.2. The predicted molar refractivity (Wildman–Crippen MR) is 93.5 cm³/mol. The van der Waals surface area contributed by atoms with Crippen LogP contribution in [0.3, 0.4) is 0 Å². The van der Waals surface area contributed by atoms with Crippen LogP contribution in [0.2, 0.25) is 0 Å². The van der Waals surface area contributed by atoms with E-state index in [9.17, 15) is 9.90 Å². The third-order valence-corrected chi connectivity index (χ3v) is 3.52. The zero-order chi connectivity index (χ0) is 16.3. The van der Waals surface area contributed by atoms with Gasteiger partial charge in [-0.25, -0.2) is 0 Å². The monoisotopic (exact) mass is 305 g/mol. The van der Waals surface area contributed by atoms with Crippen LogP contribution in [-0.2, 0) is 4.79 Å². The molecule has 0 fully saturated rings. The van der Waals surface area contributed by atoms with Crippen LogP contribution < -0.4 is 5.11 Å². The number of allylic oxidation sites excluding steroid dienone is 6. The second-order valence-electron chi connectivity index (χ2n) is 5.71. The Balaban J connectivity index is 3.29. The molecule has 0 aromatic rings. The van der Waals surface area contributed by atoms with E-state index in [2.05, 4.69) is 43.4 Å². The average Bonchev–Trinajstić information content (AvgIpc) is 2.50. The van der Waals surface area contributed by atoms with Crippen LogP contribution in [0, 0.1) is 0 Å². The van der Waals surface area contributed by atoms with Crippen LogP contribution in [0.4, 0.5) is 0 Å². The van der Waals surface area contributed by atoms with Gasteiger partial charge in [0.25, 0.3) is 0 Å². The van der Waals surface area contributed by atoms with E-state index < -0.39 is 5.97 Å².